The highest BCUT2D eigenvalue weighted by Gasteiger charge is 2.09. The van der Waals surface area contributed by atoms with Crippen LogP contribution < -0.4 is 10.1 Å². The molecule has 0 saturated carbocycles. The first-order valence-electron chi connectivity index (χ1n) is 4.82. The monoisotopic (exact) mass is 229 g/mol. The molecule has 3 nitrogen and oxygen atoms in total. The first-order valence-corrected chi connectivity index (χ1v) is 5.20. The minimum atomic E-state index is -0.428. The van der Waals surface area contributed by atoms with E-state index in [0.29, 0.717) is 18.0 Å². The molecule has 15 heavy (non-hydrogen) atoms. The topological polar surface area (TPSA) is 41.5 Å². The van der Waals surface area contributed by atoms with E-state index in [1.54, 1.807) is 20.2 Å². The van der Waals surface area contributed by atoms with Gasteiger partial charge in [0.25, 0.3) is 0 Å². The first-order chi connectivity index (χ1) is 7.17. The van der Waals surface area contributed by atoms with Gasteiger partial charge in [-0.25, -0.2) is 0 Å². The maximum atomic E-state index is 9.65. The molecule has 84 valence electrons. The minimum absolute atomic E-state index is 0.428. The summed E-state index contributed by atoms with van der Waals surface area (Å²) in [6.07, 6.45) is 0.104. The molecule has 4 heteroatoms. The van der Waals surface area contributed by atoms with Gasteiger partial charge in [0.2, 0.25) is 0 Å². The quantitative estimate of drug-likeness (QED) is 0.804. The Morgan fingerprint density at radius 1 is 1.53 bits per heavy atom. The third-order valence-corrected chi connectivity index (χ3v) is 2.37. The summed E-state index contributed by atoms with van der Waals surface area (Å²) in [5.74, 6) is 0.759. The molecule has 0 aliphatic rings. The van der Waals surface area contributed by atoms with Gasteiger partial charge in [-0.15, -0.1) is 0 Å². The highest BCUT2D eigenvalue weighted by molar-refractivity contribution is 6.30. The van der Waals surface area contributed by atoms with Gasteiger partial charge in [-0.3, -0.25) is 0 Å². The molecule has 0 amide bonds. The fourth-order valence-corrected chi connectivity index (χ4v) is 1.66. The SMILES string of the molecule is CNCC(O)Cc1cc(Cl)ccc1OC. The lowest BCUT2D eigenvalue weighted by atomic mass is 10.1. The van der Waals surface area contributed by atoms with Crippen molar-refractivity contribution in [3.05, 3.63) is 28.8 Å². The summed E-state index contributed by atoms with van der Waals surface area (Å²) in [6, 6.07) is 5.40. The number of nitrogens with one attached hydrogen (secondary N) is 1. The maximum absolute atomic E-state index is 9.65. The zero-order valence-corrected chi connectivity index (χ0v) is 9.71. The van der Waals surface area contributed by atoms with Crippen LogP contribution in [0.2, 0.25) is 5.02 Å². The molecular weight excluding hydrogens is 214 g/mol. The second-order valence-corrected chi connectivity index (χ2v) is 3.81. The van der Waals surface area contributed by atoms with Crippen molar-refractivity contribution in [3.63, 3.8) is 0 Å². The van der Waals surface area contributed by atoms with Crippen molar-refractivity contribution >= 4 is 11.6 Å². The van der Waals surface area contributed by atoms with Gasteiger partial charge in [0.05, 0.1) is 13.2 Å². The number of aliphatic hydroxyl groups excluding tert-OH is 1. The van der Waals surface area contributed by atoms with E-state index >= 15 is 0 Å². The number of halogens is 1. The molecule has 0 aliphatic heterocycles. The molecule has 0 bridgehead atoms. The number of methoxy groups -OCH3 is 1. The molecule has 2 N–H and O–H groups in total. The van der Waals surface area contributed by atoms with Crippen LogP contribution in [0.15, 0.2) is 18.2 Å². The van der Waals surface area contributed by atoms with Gasteiger partial charge in [0, 0.05) is 18.0 Å². The van der Waals surface area contributed by atoms with Crippen LogP contribution in [0, 0.1) is 0 Å². The summed E-state index contributed by atoms with van der Waals surface area (Å²) in [5.41, 5.74) is 0.924. The lowest BCUT2D eigenvalue weighted by Crippen LogP contribution is -2.25. The van der Waals surface area contributed by atoms with Crippen molar-refractivity contribution in [1.29, 1.82) is 0 Å². The molecule has 1 atom stereocenters. The van der Waals surface area contributed by atoms with E-state index in [-0.39, 0.29) is 0 Å². The predicted molar refractivity (Wildman–Crippen MR) is 61.6 cm³/mol. The number of hydrogen-bond acceptors (Lipinski definition) is 3. The molecule has 0 saturated heterocycles. The number of rotatable bonds is 5. The number of likely N-dealkylation sites (N-methyl/N-ethyl adjacent to an activating group) is 1. The highest BCUT2D eigenvalue weighted by atomic mass is 35.5. The second kappa shape index (κ2) is 5.95. The summed E-state index contributed by atoms with van der Waals surface area (Å²) in [6.45, 7) is 0.551. The molecule has 0 radical (unpaired) electrons. The van der Waals surface area contributed by atoms with Crippen molar-refractivity contribution in [1.82, 2.24) is 5.32 Å². The van der Waals surface area contributed by atoms with Crippen LogP contribution in [0.3, 0.4) is 0 Å². The van der Waals surface area contributed by atoms with Crippen LogP contribution in [-0.4, -0.2) is 31.9 Å². The Bertz CT molecular complexity index is 317. The van der Waals surface area contributed by atoms with Crippen LogP contribution in [0.1, 0.15) is 5.56 Å². The lowest BCUT2D eigenvalue weighted by Gasteiger charge is -2.13. The van der Waals surface area contributed by atoms with E-state index in [9.17, 15) is 5.11 Å². The standard InChI is InChI=1S/C11H16ClNO2/c1-13-7-10(14)6-8-5-9(12)3-4-11(8)15-2/h3-5,10,13-14H,6-7H2,1-2H3. The van der Waals surface area contributed by atoms with Crippen molar-refractivity contribution < 1.29 is 9.84 Å². The maximum Gasteiger partial charge on any atom is 0.122 e. The second-order valence-electron chi connectivity index (χ2n) is 3.37. The van der Waals surface area contributed by atoms with Crippen LogP contribution in [0.25, 0.3) is 0 Å². The number of ether oxygens (including phenoxy) is 1. The van der Waals surface area contributed by atoms with Gasteiger partial charge >= 0.3 is 0 Å². The van der Waals surface area contributed by atoms with Gasteiger partial charge < -0.3 is 15.2 Å². The molecular formula is C11H16ClNO2. The smallest absolute Gasteiger partial charge is 0.122 e. The Morgan fingerprint density at radius 3 is 2.87 bits per heavy atom. The molecule has 0 heterocycles. The third-order valence-electron chi connectivity index (χ3n) is 2.14. The predicted octanol–water partition coefficient (Wildman–Crippen LogP) is 1.47. The molecule has 0 aromatic heterocycles. The first kappa shape index (κ1) is 12.3. The van der Waals surface area contributed by atoms with Gasteiger partial charge in [-0.2, -0.15) is 0 Å². The van der Waals surface area contributed by atoms with Crippen molar-refractivity contribution in [2.75, 3.05) is 20.7 Å². The van der Waals surface area contributed by atoms with E-state index in [2.05, 4.69) is 5.32 Å². The van der Waals surface area contributed by atoms with Gasteiger partial charge in [-0.1, -0.05) is 11.6 Å². The fourth-order valence-electron chi connectivity index (χ4n) is 1.47. The average Bonchev–Trinajstić information content (AvgIpc) is 2.18. The zero-order valence-electron chi connectivity index (χ0n) is 8.96. The van der Waals surface area contributed by atoms with Crippen LogP contribution in [0.4, 0.5) is 0 Å². The van der Waals surface area contributed by atoms with Crippen LogP contribution in [-0.2, 0) is 6.42 Å². The van der Waals surface area contributed by atoms with Crippen LogP contribution in [0.5, 0.6) is 5.75 Å². The van der Waals surface area contributed by atoms with Gasteiger partial charge in [0.1, 0.15) is 5.75 Å². The summed E-state index contributed by atoms with van der Waals surface area (Å²) in [7, 11) is 3.41. The number of aliphatic hydroxyl groups is 1. The summed E-state index contributed by atoms with van der Waals surface area (Å²) < 4.78 is 5.19. The summed E-state index contributed by atoms with van der Waals surface area (Å²) in [5, 5.41) is 13.2. The largest absolute Gasteiger partial charge is 0.496 e. The van der Waals surface area contributed by atoms with E-state index in [4.69, 9.17) is 16.3 Å². The van der Waals surface area contributed by atoms with Gasteiger partial charge in [-0.05, 0) is 30.8 Å². The van der Waals surface area contributed by atoms with Crippen molar-refractivity contribution in [3.8, 4) is 5.75 Å². The lowest BCUT2D eigenvalue weighted by molar-refractivity contribution is 0.173. The Balaban J connectivity index is 2.77. The Kier molecular flexibility index (Phi) is 4.88. The molecule has 0 fully saturated rings. The molecule has 0 aliphatic carbocycles. The normalized spacial score (nSPS) is 12.5. The third kappa shape index (κ3) is 3.70. The molecule has 1 aromatic rings. The minimum Gasteiger partial charge on any atom is -0.496 e. The molecule has 1 rings (SSSR count). The van der Waals surface area contributed by atoms with E-state index in [1.807, 2.05) is 12.1 Å². The molecule has 1 aromatic carbocycles. The Morgan fingerprint density at radius 2 is 2.27 bits per heavy atom. The highest BCUT2D eigenvalue weighted by Crippen LogP contribution is 2.23. The van der Waals surface area contributed by atoms with Crippen molar-refractivity contribution in [2.24, 2.45) is 0 Å². The number of benzene rings is 1. The van der Waals surface area contributed by atoms with Gasteiger partial charge in [0.15, 0.2) is 0 Å². The number of hydrogen-bond donors (Lipinski definition) is 2. The fraction of sp³-hybridized carbons (Fsp3) is 0.455. The van der Waals surface area contributed by atoms with Crippen molar-refractivity contribution in [2.45, 2.75) is 12.5 Å². The Labute approximate surface area is 95.0 Å². The van der Waals surface area contributed by atoms with E-state index in [0.717, 1.165) is 11.3 Å². The summed E-state index contributed by atoms with van der Waals surface area (Å²) in [4.78, 5) is 0. The molecule has 1 unspecified atom stereocenters. The average molecular weight is 230 g/mol. The molecule has 0 spiro atoms. The van der Waals surface area contributed by atoms with E-state index in [1.165, 1.54) is 0 Å². The summed E-state index contributed by atoms with van der Waals surface area (Å²) >= 11 is 5.88. The van der Waals surface area contributed by atoms with Crippen LogP contribution >= 0.6 is 11.6 Å². The van der Waals surface area contributed by atoms with E-state index < -0.39 is 6.10 Å². The zero-order chi connectivity index (χ0) is 11.3. The Hall–Kier alpha value is -0.770.